The molecule has 3 aliphatic rings. The Hall–Kier alpha value is -1.40. The summed E-state index contributed by atoms with van der Waals surface area (Å²) in [5.74, 6) is 0.338. The normalized spacial score (nSPS) is 26.7. The van der Waals surface area contributed by atoms with E-state index in [4.69, 9.17) is 4.74 Å². The van der Waals surface area contributed by atoms with Crippen LogP contribution in [0.15, 0.2) is 12.4 Å². The molecular formula is C20H32N4O2. The summed E-state index contributed by atoms with van der Waals surface area (Å²) in [4.78, 5) is 17.1. The van der Waals surface area contributed by atoms with Gasteiger partial charge in [0.2, 0.25) is 5.91 Å². The second-order valence-corrected chi connectivity index (χ2v) is 8.52. The number of likely N-dealkylation sites (tertiary alicyclic amines) is 2. The lowest BCUT2D eigenvalue weighted by Gasteiger charge is -2.48. The van der Waals surface area contributed by atoms with Gasteiger partial charge in [0.15, 0.2) is 0 Å². The molecule has 0 radical (unpaired) electrons. The maximum Gasteiger partial charge on any atom is 0.222 e. The standard InChI is InChI=1S/C20H32N4O2/c1-22-14-17(13-21-22)5-9-23-10-7-20(8-11-23)6-4-19(25)24(16-20)15-18-3-2-12-26-18/h13-14,18H,2-12,15-16H2,1H3/t18-/m1/s1. The third kappa shape index (κ3) is 4.12. The van der Waals surface area contributed by atoms with Gasteiger partial charge in [-0.3, -0.25) is 9.48 Å². The van der Waals surface area contributed by atoms with E-state index in [1.807, 2.05) is 17.9 Å². The first-order chi connectivity index (χ1) is 12.6. The molecule has 1 atom stereocenters. The Kier molecular flexibility index (Phi) is 5.32. The minimum absolute atomic E-state index is 0.272. The molecule has 3 saturated heterocycles. The minimum atomic E-state index is 0.272. The van der Waals surface area contributed by atoms with Crippen molar-refractivity contribution >= 4 is 5.91 Å². The zero-order valence-electron chi connectivity index (χ0n) is 16.0. The molecule has 3 fully saturated rings. The van der Waals surface area contributed by atoms with Crippen molar-refractivity contribution in [3.8, 4) is 0 Å². The molecule has 144 valence electrons. The van der Waals surface area contributed by atoms with E-state index in [1.165, 1.54) is 18.4 Å². The number of aromatic nitrogens is 2. The summed E-state index contributed by atoms with van der Waals surface area (Å²) in [6.45, 7) is 6.04. The van der Waals surface area contributed by atoms with Crippen molar-refractivity contribution in [3.63, 3.8) is 0 Å². The van der Waals surface area contributed by atoms with Gasteiger partial charge in [0.05, 0.1) is 12.3 Å². The van der Waals surface area contributed by atoms with Gasteiger partial charge in [-0.25, -0.2) is 0 Å². The smallest absolute Gasteiger partial charge is 0.222 e. The highest BCUT2D eigenvalue weighted by Crippen LogP contribution is 2.40. The average molecular weight is 361 g/mol. The van der Waals surface area contributed by atoms with Crippen LogP contribution in [0.3, 0.4) is 0 Å². The SMILES string of the molecule is Cn1cc(CCN2CCC3(CCC(=O)N(C[C@H]4CCCO4)C3)CC2)cn1. The van der Waals surface area contributed by atoms with Gasteiger partial charge in [0.25, 0.3) is 0 Å². The predicted octanol–water partition coefficient (Wildman–Crippen LogP) is 1.85. The number of aryl methyl sites for hydroxylation is 1. The van der Waals surface area contributed by atoms with Crippen molar-refractivity contribution in [2.75, 3.05) is 39.3 Å². The highest BCUT2D eigenvalue weighted by atomic mass is 16.5. The van der Waals surface area contributed by atoms with Crippen LogP contribution in [-0.4, -0.2) is 70.9 Å². The van der Waals surface area contributed by atoms with Crippen LogP contribution in [0, 0.1) is 5.41 Å². The fourth-order valence-corrected chi connectivity index (χ4v) is 4.85. The maximum absolute atomic E-state index is 12.4. The summed E-state index contributed by atoms with van der Waals surface area (Å²) in [5.41, 5.74) is 1.66. The Balaban J connectivity index is 1.27. The molecule has 1 aromatic rings. The van der Waals surface area contributed by atoms with Crippen molar-refractivity contribution < 1.29 is 9.53 Å². The Morgan fingerprint density at radius 2 is 2.15 bits per heavy atom. The quantitative estimate of drug-likeness (QED) is 0.804. The predicted molar refractivity (Wildman–Crippen MR) is 99.8 cm³/mol. The maximum atomic E-state index is 12.4. The third-order valence-corrected chi connectivity index (χ3v) is 6.59. The van der Waals surface area contributed by atoms with Crippen molar-refractivity contribution in [2.45, 2.75) is 51.0 Å². The molecule has 0 aliphatic carbocycles. The van der Waals surface area contributed by atoms with Crippen LogP contribution in [0.5, 0.6) is 0 Å². The van der Waals surface area contributed by atoms with Crippen molar-refractivity contribution in [2.24, 2.45) is 12.5 Å². The number of nitrogens with zero attached hydrogens (tertiary/aromatic N) is 4. The molecule has 0 aromatic carbocycles. The number of rotatable bonds is 5. The van der Waals surface area contributed by atoms with Crippen LogP contribution < -0.4 is 0 Å². The molecule has 6 heteroatoms. The van der Waals surface area contributed by atoms with E-state index >= 15 is 0 Å². The van der Waals surface area contributed by atoms with E-state index < -0.39 is 0 Å². The van der Waals surface area contributed by atoms with E-state index in [9.17, 15) is 4.79 Å². The molecule has 1 aromatic heterocycles. The van der Waals surface area contributed by atoms with Crippen LogP contribution in [0.2, 0.25) is 0 Å². The molecule has 0 saturated carbocycles. The lowest BCUT2D eigenvalue weighted by atomic mass is 9.72. The lowest BCUT2D eigenvalue weighted by Crippen LogP contribution is -2.53. The van der Waals surface area contributed by atoms with Crippen LogP contribution in [-0.2, 0) is 23.0 Å². The van der Waals surface area contributed by atoms with Crippen molar-refractivity contribution in [1.82, 2.24) is 19.6 Å². The van der Waals surface area contributed by atoms with Crippen molar-refractivity contribution in [3.05, 3.63) is 18.0 Å². The molecule has 6 nitrogen and oxygen atoms in total. The molecule has 3 aliphatic heterocycles. The van der Waals surface area contributed by atoms with Crippen molar-refractivity contribution in [1.29, 1.82) is 0 Å². The molecule has 4 heterocycles. The third-order valence-electron chi connectivity index (χ3n) is 6.59. The largest absolute Gasteiger partial charge is 0.376 e. The molecule has 0 N–H and O–H groups in total. The van der Waals surface area contributed by atoms with Crippen LogP contribution in [0.1, 0.15) is 44.1 Å². The molecule has 26 heavy (non-hydrogen) atoms. The first kappa shape index (κ1) is 18.0. The van der Waals surface area contributed by atoms with Gasteiger partial charge in [0, 0.05) is 45.9 Å². The number of hydrogen-bond donors (Lipinski definition) is 0. The minimum Gasteiger partial charge on any atom is -0.376 e. The summed E-state index contributed by atoms with van der Waals surface area (Å²) in [6, 6.07) is 0. The lowest BCUT2D eigenvalue weighted by molar-refractivity contribution is -0.141. The Bertz CT molecular complexity index is 615. The number of carbonyl (C=O) groups excluding carboxylic acids is 1. The zero-order valence-corrected chi connectivity index (χ0v) is 16.0. The highest BCUT2D eigenvalue weighted by molar-refractivity contribution is 5.77. The second kappa shape index (κ2) is 7.69. The number of ether oxygens (including phenoxy) is 1. The number of amides is 1. The zero-order chi connectivity index (χ0) is 18.0. The van der Waals surface area contributed by atoms with Gasteiger partial charge in [-0.2, -0.15) is 5.10 Å². The fraction of sp³-hybridized carbons (Fsp3) is 0.800. The molecular weight excluding hydrogens is 328 g/mol. The van der Waals surface area contributed by atoms with Gasteiger partial charge in [-0.1, -0.05) is 0 Å². The summed E-state index contributed by atoms with van der Waals surface area (Å²) >= 11 is 0. The number of carbonyl (C=O) groups is 1. The number of piperidine rings is 2. The summed E-state index contributed by atoms with van der Waals surface area (Å²) in [5, 5.41) is 4.26. The summed E-state index contributed by atoms with van der Waals surface area (Å²) in [6.07, 6.45) is 11.9. The fourth-order valence-electron chi connectivity index (χ4n) is 4.85. The van der Waals surface area contributed by atoms with Crippen LogP contribution in [0.25, 0.3) is 0 Å². The van der Waals surface area contributed by atoms with E-state index in [1.54, 1.807) is 0 Å². The Morgan fingerprint density at radius 1 is 1.31 bits per heavy atom. The van der Waals surface area contributed by atoms with E-state index in [2.05, 4.69) is 21.1 Å². The van der Waals surface area contributed by atoms with Gasteiger partial charge in [0.1, 0.15) is 0 Å². The van der Waals surface area contributed by atoms with Crippen LogP contribution in [0.4, 0.5) is 0 Å². The van der Waals surface area contributed by atoms with E-state index in [0.29, 0.717) is 11.3 Å². The molecule has 4 rings (SSSR count). The van der Waals surface area contributed by atoms with Gasteiger partial charge < -0.3 is 14.5 Å². The van der Waals surface area contributed by atoms with E-state index in [-0.39, 0.29) is 6.10 Å². The van der Waals surface area contributed by atoms with Gasteiger partial charge >= 0.3 is 0 Å². The summed E-state index contributed by atoms with van der Waals surface area (Å²) < 4.78 is 7.64. The Morgan fingerprint density at radius 3 is 2.85 bits per heavy atom. The molecule has 1 spiro atoms. The first-order valence-corrected chi connectivity index (χ1v) is 10.2. The average Bonchev–Trinajstić information content (AvgIpc) is 3.30. The number of hydrogen-bond acceptors (Lipinski definition) is 4. The molecule has 0 bridgehead atoms. The van der Waals surface area contributed by atoms with Gasteiger partial charge in [-0.15, -0.1) is 0 Å². The van der Waals surface area contributed by atoms with Crippen LogP contribution >= 0.6 is 0 Å². The Labute approximate surface area is 156 Å². The molecule has 0 unspecified atom stereocenters. The van der Waals surface area contributed by atoms with Gasteiger partial charge in [-0.05, 0) is 62.6 Å². The molecule has 1 amide bonds. The highest BCUT2D eigenvalue weighted by Gasteiger charge is 2.41. The summed E-state index contributed by atoms with van der Waals surface area (Å²) in [7, 11) is 1.97. The second-order valence-electron chi connectivity index (χ2n) is 8.52. The topological polar surface area (TPSA) is 50.6 Å². The van der Waals surface area contributed by atoms with E-state index in [0.717, 1.165) is 71.4 Å². The monoisotopic (exact) mass is 360 g/mol. The first-order valence-electron chi connectivity index (χ1n) is 10.2.